The fourth-order valence-electron chi connectivity index (χ4n) is 0.263. The molecule has 0 aliphatic carbocycles. The number of hydrogen-bond acceptors (Lipinski definition) is 5. The molecule has 0 bridgehead atoms. The fourth-order valence-corrected chi connectivity index (χ4v) is 0.263. The van der Waals surface area contributed by atoms with Crippen molar-refractivity contribution >= 4 is 11.9 Å². The van der Waals surface area contributed by atoms with Gasteiger partial charge in [-0.1, -0.05) is 0 Å². The van der Waals surface area contributed by atoms with Crippen molar-refractivity contribution in [3.8, 4) is 0 Å². The van der Waals surface area contributed by atoms with E-state index < -0.39 is 24.4 Å². The second-order valence-electron chi connectivity index (χ2n) is 1.50. The number of carboxylic acid groups (broad SMARTS) is 2. The smallest absolute Gasteiger partial charge is 0.550 e. The minimum atomic E-state index is -1.58. The molecule has 0 aromatic heterocycles. The summed E-state index contributed by atoms with van der Waals surface area (Å²) in [5.74, 6) is -3.08. The monoisotopic (exact) mass is 187 g/mol. The van der Waals surface area contributed by atoms with Crippen LogP contribution in [0.3, 0.4) is 0 Å². The quantitative estimate of drug-likeness (QED) is 0.458. The van der Waals surface area contributed by atoms with Gasteiger partial charge in [-0.25, -0.2) is 0 Å². The van der Waals surface area contributed by atoms with Crippen LogP contribution in [0.4, 0.5) is 0 Å². The van der Waals surface area contributed by atoms with E-state index in [1.807, 2.05) is 0 Å². The molecular formula is C4H6MnNO4+. The molecule has 1 radical (unpaired) electrons. The molecule has 0 aliphatic rings. The fraction of sp³-hybridized carbons (Fsp3) is 0.500. The molecule has 0 aromatic carbocycles. The summed E-state index contributed by atoms with van der Waals surface area (Å²) in [7, 11) is 0. The van der Waals surface area contributed by atoms with Crippen LogP contribution in [0, 0.1) is 0 Å². The Morgan fingerprint density at radius 3 is 2.00 bits per heavy atom. The molecule has 0 aliphatic heterocycles. The Morgan fingerprint density at radius 2 is 1.90 bits per heavy atom. The molecule has 0 heterocycles. The third kappa shape index (κ3) is 5.55. The van der Waals surface area contributed by atoms with E-state index in [0.717, 1.165) is 0 Å². The summed E-state index contributed by atoms with van der Waals surface area (Å²) in [6, 6.07) is -1.46. The van der Waals surface area contributed by atoms with Gasteiger partial charge in [0.2, 0.25) is 0 Å². The molecule has 10 heavy (non-hydrogen) atoms. The van der Waals surface area contributed by atoms with Crippen molar-refractivity contribution in [3.05, 3.63) is 0 Å². The molecule has 0 spiro atoms. The Hall–Kier alpha value is -0.581. The Kier molecular flexibility index (Phi) is 6.34. The average Bonchev–Trinajstić information content (AvgIpc) is 1.63. The molecular weight excluding hydrogens is 181 g/mol. The van der Waals surface area contributed by atoms with Gasteiger partial charge in [-0.15, -0.1) is 0 Å². The van der Waals surface area contributed by atoms with Crippen LogP contribution in [0.5, 0.6) is 0 Å². The molecule has 5 nitrogen and oxygen atoms in total. The normalized spacial score (nSPS) is 11.3. The van der Waals surface area contributed by atoms with E-state index in [1.165, 1.54) is 0 Å². The zero-order valence-electron chi connectivity index (χ0n) is 5.87. The summed E-state index contributed by atoms with van der Waals surface area (Å²) in [4.78, 5) is 19.3. The Morgan fingerprint density at radius 1 is 1.50 bits per heavy atom. The first-order valence-corrected chi connectivity index (χ1v) is 2.20. The van der Waals surface area contributed by atoms with Gasteiger partial charge in [0.15, 0.2) is 0 Å². The van der Waals surface area contributed by atoms with Gasteiger partial charge in [0, 0.05) is 18.4 Å². The van der Waals surface area contributed by atoms with E-state index in [1.54, 1.807) is 0 Å². The van der Waals surface area contributed by atoms with Gasteiger partial charge in [-0.2, -0.15) is 0 Å². The summed E-state index contributed by atoms with van der Waals surface area (Å²) in [5.41, 5.74) is 4.73. The van der Waals surface area contributed by atoms with E-state index in [-0.39, 0.29) is 18.5 Å². The number of carboxylic acids is 2. The van der Waals surface area contributed by atoms with E-state index in [2.05, 4.69) is 0 Å². The third-order valence-corrected chi connectivity index (χ3v) is 0.689. The Bertz CT molecular complexity index is 142. The number of aliphatic carboxylic acids is 2. The summed E-state index contributed by atoms with van der Waals surface area (Å²) >= 11 is 0. The topological polar surface area (TPSA) is 106 Å². The minimum Gasteiger partial charge on any atom is -0.550 e. The van der Waals surface area contributed by atoms with Gasteiger partial charge in [-0.3, -0.25) is 0 Å². The molecule has 1 atom stereocenters. The van der Waals surface area contributed by atoms with E-state index in [9.17, 15) is 19.8 Å². The van der Waals surface area contributed by atoms with Crippen molar-refractivity contribution in [1.29, 1.82) is 0 Å². The van der Waals surface area contributed by atoms with Crippen molar-refractivity contribution in [2.75, 3.05) is 0 Å². The first kappa shape index (κ1) is 12.1. The second kappa shape index (κ2) is 5.22. The van der Waals surface area contributed by atoms with Crippen molar-refractivity contribution in [2.24, 2.45) is 5.73 Å². The molecule has 2 N–H and O–H groups in total. The maximum atomic E-state index is 9.71. The standard InChI is InChI=1S/C4H7NO4.Mn/c5-2(4(8)9)1-3(6)7;/h2H,1,5H2,(H,6,7)(H,8,9);/q;+2/p-1. The summed E-state index contributed by atoms with van der Waals surface area (Å²) in [5, 5.41) is 19.3. The maximum absolute atomic E-state index is 9.71. The van der Waals surface area contributed by atoms with Gasteiger partial charge >= 0.3 is 18.5 Å². The van der Waals surface area contributed by atoms with Gasteiger partial charge in [0.1, 0.15) is 0 Å². The number of nitrogens with two attached hydrogens (primary N) is 1. The molecule has 0 fully saturated rings. The predicted octanol–water partition coefficient (Wildman–Crippen LogP) is -3.69. The van der Waals surface area contributed by atoms with Crippen molar-refractivity contribution in [2.45, 2.75) is 12.5 Å². The number of hydrogen-bond donors (Lipinski definition) is 1. The first-order chi connectivity index (χ1) is 4.04. The van der Waals surface area contributed by atoms with Crippen LogP contribution in [0.25, 0.3) is 0 Å². The van der Waals surface area contributed by atoms with Crippen molar-refractivity contribution in [3.63, 3.8) is 0 Å². The molecule has 0 saturated heterocycles. The Balaban J connectivity index is -0.000000320. The number of rotatable bonds is 3. The predicted molar refractivity (Wildman–Crippen MR) is 23.7 cm³/mol. The largest absolute Gasteiger partial charge is 2.00 e. The first-order valence-electron chi connectivity index (χ1n) is 2.20. The molecule has 0 amide bonds. The van der Waals surface area contributed by atoms with E-state index >= 15 is 0 Å². The van der Waals surface area contributed by atoms with Crippen LogP contribution in [-0.2, 0) is 26.7 Å². The Labute approximate surface area is 69.2 Å². The second-order valence-corrected chi connectivity index (χ2v) is 1.50. The van der Waals surface area contributed by atoms with Crippen LogP contribution in [0.1, 0.15) is 7.85 Å². The zero-order chi connectivity index (χ0) is 7.44. The van der Waals surface area contributed by atoms with Gasteiger partial charge in [-0.05, 0) is 0 Å². The van der Waals surface area contributed by atoms with Crippen LogP contribution in [-0.4, -0.2) is 18.0 Å². The molecule has 0 saturated carbocycles. The van der Waals surface area contributed by atoms with Crippen LogP contribution < -0.4 is 15.9 Å². The third-order valence-electron chi connectivity index (χ3n) is 0.689. The van der Waals surface area contributed by atoms with Crippen LogP contribution in [0.15, 0.2) is 0 Å². The number of carbonyl (C=O) groups is 2. The van der Waals surface area contributed by atoms with Crippen LogP contribution >= 0.6 is 0 Å². The van der Waals surface area contributed by atoms with E-state index in [0.29, 0.717) is 0 Å². The molecule has 0 rings (SSSR count). The average molecular weight is 187 g/mol. The van der Waals surface area contributed by atoms with Crippen LogP contribution in [0.2, 0.25) is 0 Å². The summed E-state index contributed by atoms with van der Waals surface area (Å²) in [6.07, 6.45) is -0.706. The summed E-state index contributed by atoms with van der Waals surface area (Å²) in [6.45, 7) is 0. The van der Waals surface area contributed by atoms with Crippen molar-refractivity contribution < 1.29 is 38.3 Å². The molecule has 57 valence electrons. The summed E-state index contributed by atoms with van der Waals surface area (Å²) < 4.78 is 0. The molecule has 1 unspecified atom stereocenters. The van der Waals surface area contributed by atoms with Crippen molar-refractivity contribution in [1.82, 2.24) is 0 Å². The zero-order valence-corrected chi connectivity index (χ0v) is 6.05. The van der Waals surface area contributed by atoms with E-state index in [4.69, 9.17) is 5.73 Å². The van der Waals surface area contributed by atoms with Gasteiger partial charge in [0.05, 0.1) is 5.97 Å². The van der Waals surface area contributed by atoms with Gasteiger partial charge in [0.25, 0.3) is 0 Å². The molecule has 0 aromatic rings. The molecule has 6 heteroatoms. The van der Waals surface area contributed by atoms with Gasteiger partial charge < -0.3 is 25.5 Å². The number of carbonyl (C=O) groups excluding carboxylic acids is 2. The SMILES string of the molecule is NC(CC(=O)[O-])C(=O)[O-].[H+].[Mn+2]. The minimum absolute atomic E-state index is 0. The maximum Gasteiger partial charge on any atom is 2.00 e.